The first-order valence-corrected chi connectivity index (χ1v) is 25.4. The van der Waals surface area contributed by atoms with Crippen molar-refractivity contribution in [1.29, 1.82) is 0 Å². The molecule has 20 atom stereocenters. The second kappa shape index (κ2) is 56.0. The molecule has 96 heavy (non-hydrogen) atoms. The summed E-state index contributed by atoms with van der Waals surface area (Å²) in [6.07, 6.45) is -41.3. The number of ketones is 7. The highest BCUT2D eigenvalue weighted by molar-refractivity contribution is 6.34. The number of rotatable bonds is 34. The zero-order chi connectivity index (χ0) is 77.5. The van der Waals surface area contributed by atoms with Gasteiger partial charge in [-0.25, -0.2) is 33.6 Å². The lowest BCUT2D eigenvalue weighted by Gasteiger charge is -2.23. The predicted molar refractivity (Wildman–Crippen MR) is 289 cm³/mol. The number of aliphatic hydroxyl groups excluding tert-OH is 27. The van der Waals surface area contributed by atoms with Gasteiger partial charge in [0, 0.05) is 0 Å². The Morgan fingerprint density at radius 1 is 0.198 bits per heavy atom. The topological polar surface area (TPSA) is 850 Å². The molecule has 0 bridgehead atoms. The van der Waals surface area contributed by atoms with E-state index >= 15 is 0 Å². The molecule has 0 unspecified atom stereocenters. The van der Waals surface area contributed by atoms with E-state index in [0.717, 1.165) is 49.8 Å². The van der Waals surface area contributed by atoms with Crippen LogP contribution in [-0.2, 0) is 100 Å². The van der Waals surface area contributed by atoms with E-state index in [1.165, 1.54) is 0 Å². The van der Waals surface area contributed by atoms with Crippen molar-refractivity contribution in [3.63, 3.8) is 0 Å². The largest absolute Gasteiger partial charge is 0.467 e. The average Bonchev–Trinajstić information content (AvgIpc) is 0.937. The van der Waals surface area contributed by atoms with E-state index in [-0.39, 0.29) is 0 Å². The Morgan fingerprint density at radius 3 is 0.448 bits per heavy atom. The summed E-state index contributed by atoms with van der Waals surface area (Å²) in [5.74, 6) is -15.7. The summed E-state index contributed by atoms with van der Waals surface area (Å²) < 4.78 is 28.3. The first kappa shape index (κ1) is 102. The summed E-state index contributed by atoms with van der Waals surface area (Å²) in [6, 6.07) is 0. The molecule has 0 aliphatic rings. The van der Waals surface area contributed by atoms with Gasteiger partial charge < -0.3 is 171 Å². The van der Waals surface area contributed by atoms with Gasteiger partial charge >= 0.3 is 41.8 Å². The third-order valence-electron chi connectivity index (χ3n) is 10.7. The fourth-order valence-corrected chi connectivity index (χ4v) is 4.89. The van der Waals surface area contributed by atoms with Crippen LogP contribution in [0.3, 0.4) is 0 Å². The van der Waals surface area contributed by atoms with E-state index in [2.05, 4.69) is 33.2 Å². The lowest BCUT2D eigenvalue weighted by atomic mass is 10.0. The van der Waals surface area contributed by atoms with Crippen molar-refractivity contribution >= 4 is 82.3 Å². The number of hydrogen-bond acceptors (Lipinski definition) is 48. The Labute approximate surface area is 537 Å². The van der Waals surface area contributed by atoms with Crippen molar-refractivity contribution in [3.05, 3.63) is 0 Å². The maximum atomic E-state index is 10.8. The van der Waals surface area contributed by atoms with Crippen molar-refractivity contribution in [3.8, 4) is 0 Å². The van der Waals surface area contributed by atoms with E-state index in [4.69, 9.17) is 97.0 Å². The number of aliphatic hydroxyl groups is 27. The highest BCUT2D eigenvalue weighted by Gasteiger charge is 2.41. The van der Waals surface area contributed by atoms with Crippen LogP contribution in [0.15, 0.2) is 0 Å². The zero-order valence-electron chi connectivity index (χ0n) is 51.1. The lowest BCUT2D eigenvalue weighted by Crippen LogP contribution is -2.50. The van der Waals surface area contributed by atoms with Gasteiger partial charge in [-0.1, -0.05) is 0 Å². The Morgan fingerprint density at radius 2 is 0.333 bits per heavy atom. The molecule has 562 valence electrons. The van der Waals surface area contributed by atoms with Crippen LogP contribution in [0.25, 0.3) is 0 Å². The number of carbonyl (C=O) groups excluding carboxylic acids is 14. The molecule has 0 aliphatic heterocycles. The molecular weight excluding hydrogens is 1340 g/mol. The van der Waals surface area contributed by atoms with Crippen molar-refractivity contribution in [2.45, 2.75) is 122 Å². The van der Waals surface area contributed by atoms with Crippen LogP contribution >= 0.6 is 0 Å². The fraction of sp³-hybridized carbons (Fsp3) is 0.708. The smallest absolute Gasteiger partial charge is 0.376 e. The molecule has 0 spiro atoms. The SMILES string of the molecule is COC(=O)C(=O)CO.COC(=O)[C@@H](O)[C@H](O)C(=O)CO.COC(=O)[C@@H](O)[C@H](O)[C@@H](O)[C@@H](O)C(=O)CO.COC(=O)[C@@H](O)[C@H](O)[C@H](O)[C@@H](O)C(=O)CO.COC(=O)[C@H](O)[C@@H](O)C(=O)CO.COC(=O)[C@H](O)[C@@H](O)[C@@H](O)[C@H](O)C(=O)CO.COC(=O)[C@H](O)[C@@H](O)[C@H](O)[C@H](O)C(=O)CO. The van der Waals surface area contributed by atoms with Gasteiger partial charge in [-0.15, -0.1) is 0 Å². The summed E-state index contributed by atoms with van der Waals surface area (Å²) in [6.45, 7) is -6.83. The van der Waals surface area contributed by atoms with E-state index < -0.39 is 251 Å². The summed E-state index contributed by atoms with van der Waals surface area (Å²) in [7, 11) is 6.86. The monoisotopic (exact) mass is 1430 g/mol. The molecule has 0 saturated heterocycles. The molecule has 0 heterocycles. The maximum Gasteiger partial charge on any atom is 0.376 e. The lowest BCUT2D eigenvalue weighted by molar-refractivity contribution is -0.169. The molecule has 0 radical (unpaired) electrons. The first-order valence-electron chi connectivity index (χ1n) is 25.4. The summed E-state index contributed by atoms with van der Waals surface area (Å²) in [5, 5.41) is 240. The minimum absolute atomic E-state index is 0.785. The van der Waals surface area contributed by atoms with Crippen LogP contribution in [0.1, 0.15) is 0 Å². The molecular formula is C48H82O48. The fourth-order valence-electron chi connectivity index (χ4n) is 4.89. The van der Waals surface area contributed by atoms with Crippen molar-refractivity contribution in [1.82, 2.24) is 0 Å². The third kappa shape index (κ3) is 38.6. The van der Waals surface area contributed by atoms with Gasteiger partial charge in [0.15, 0.2) is 83.5 Å². The van der Waals surface area contributed by atoms with Crippen LogP contribution in [-0.4, -0.2) is 438 Å². The molecule has 27 N–H and O–H groups in total. The highest BCUT2D eigenvalue weighted by Crippen LogP contribution is 2.11. The van der Waals surface area contributed by atoms with Crippen molar-refractivity contribution in [2.75, 3.05) is 96.0 Å². The molecule has 0 fully saturated rings. The number of esters is 7. The molecule has 0 saturated carbocycles. The number of ether oxygens (including phenoxy) is 7. The van der Waals surface area contributed by atoms with E-state index in [1.54, 1.807) is 0 Å². The molecule has 0 aromatic carbocycles. The van der Waals surface area contributed by atoms with Gasteiger partial charge in [0.25, 0.3) is 5.78 Å². The normalized spacial score (nSPS) is 16.7. The predicted octanol–water partition coefficient (Wildman–Crippen LogP) is -21.7. The molecule has 0 aromatic rings. The third-order valence-corrected chi connectivity index (χ3v) is 10.7. The van der Waals surface area contributed by atoms with Crippen molar-refractivity contribution in [2.24, 2.45) is 0 Å². The Kier molecular flexibility index (Phi) is 59.7. The number of carbonyl (C=O) groups is 14. The van der Waals surface area contributed by atoms with Gasteiger partial charge in [-0.3, -0.25) is 33.6 Å². The number of hydrogen-bond donors (Lipinski definition) is 27. The minimum atomic E-state index is -2.10. The van der Waals surface area contributed by atoms with Gasteiger partial charge in [0.2, 0.25) is 0 Å². The van der Waals surface area contributed by atoms with Gasteiger partial charge in [0.1, 0.15) is 119 Å². The van der Waals surface area contributed by atoms with Gasteiger partial charge in [-0.2, -0.15) is 0 Å². The molecule has 0 aromatic heterocycles. The quantitative estimate of drug-likeness (QED) is 0.0162. The highest BCUT2D eigenvalue weighted by atomic mass is 16.6. The van der Waals surface area contributed by atoms with Gasteiger partial charge in [0.05, 0.1) is 49.8 Å². The molecule has 48 heteroatoms. The molecule has 0 amide bonds. The Hall–Kier alpha value is -7.10. The van der Waals surface area contributed by atoms with Crippen molar-refractivity contribution < 1.29 is 238 Å². The van der Waals surface area contributed by atoms with Crippen LogP contribution in [0.2, 0.25) is 0 Å². The number of Topliss-reactive ketones (excluding diaryl/α,β-unsaturated/α-hetero) is 7. The van der Waals surface area contributed by atoms with E-state index in [0.29, 0.717) is 0 Å². The van der Waals surface area contributed by atoms with E-state index in [9.17, 15) is 108 Å². The van der Waals surface area contributed by atoms with Crippen LogP contribution in [0, 0.1) is 0 Å². The Balaban J connectivity index is -0.000000194. The summed E-state index contributed by atoms with van der Waals surface area (Å²) >= 11 is 0. The second-order valence-corrected chi connectivity index (χ2v) is 17.2. The summed E-state index contributed by atoms with van der Waals surface area (Å²) in [4.78, 5) is 148. The molecule has 0 aliphatic carbocycles. The number of methoxy groups -OCH3 is 7. The molecule has 48 nitrogen and oxygen atoms in total. The first-order chi connectivity index (χ1) is 44.2. The van der Waals surface area contributed by atoms with Gasteiger partial charge in [-0.05, 0) is 0 Å². The average molecular weight is 1430 g/mol. The van der Waals surface area contributed by atoms with Crippen LogP contribution < -0.4 is 0 Å². The van der Waals surface area contributed by atoms with Crippen LogP contribution in [0.5, 0.6) is 0 Å². The maximum absolute atomic E-state index is 10.8. The second-order valence-electron chi connectivity index (χ2n) is 17.2. The summed E-state index contributed by atoms with van der Waals surface area (Å²) in [5.41, 5.74) is 0. The zero-order valence-corrected chi connectivity index (χ0v) is 51.1. The Bertz CT molecular complexity index is 1940. The minimum Gasteiger partial charge on any atom is -0.467 e. The van der Waals surface area contributed by atoms with Crippen LogP contribution in [0.4, 0.5) is 0 Å². The standard InChI is InChI=1S/4C8H14O8.2C6H10O6.C4H6O4/c4*1-16-8(15)7(14)6(13)5(12)4(11)3(10)2-9;2*1-12-6(11)5(10)4(9)3(8)2-7;1-8-4(7)3(6)2-5/h4*4-7,9,11-14H,2H2,1H3;2*4-5,7,9-10H,2H2,1H3;5H,2H2,1H3/t2*4-,5+,6+,7-;2*4-,5-,6+,7-;2*4-,5+;/m101010./s1. The molecule has 0 rings (SSSR count). The van der Waals surface area contributed by atoms with E-state index in [1.807, 2.05) is 0 Å².